The van der Waals surface area contributed by atoms with Gasteiger partial charge in [0.2, 0.25) is 0 Å². The molecule has 0 spiro atoms. The van der Waals surface area contributed by atoms with Gasteiger partial charge in [-0.3, -0.25) is 9.36 Å². The molecule has 33 heavy (non-hydrogen) atoms. The summed E-state index contributed by atoms with van der Waals surface area (Å²) in [5.74, 6) is -0.555. The number of ether oxygens (including phenoxy) is 2. The molecular formula is C24H20N2O6S. The second-order valence-electron chi connectivity index (χ2n) is 7.10. The number of hydrogen-bond acceptors (Lipinski definition) is 8. The molecule has 3 aromatic rings. The number of furan rings is 1. The van der Waals surface area contributed by atoms with Crippen molar-refractivity contribution >= 4 is 29.4 Å². The fourth-order valence-corrected chi connectivity index (χ4v) is 4.56. The fraction of sp³-hybridized carbons (Fsp3) is 0.167. The van der Waals surface area contributed by atoms with Crippen molar-refractivity contribution in [2.75, 3.05) is 13.7 Å². The van der Waals surface area contributed by atoms with E-state index in [0.717, 1.165) is 0 Å². The van der Waals surface area contributed by atoms with Gasteiger partial charge >= 0.3 is 11.9 Å². The predicted molar refractivity (Wildman–Crippen MR) is 121 cm³/mol. The van der Waals surface area contributed by atoms with E-state index in [1.165, 1.54) is 35.4 Å². The van der Waals surface area contributed by atoms with Gasteiger partial charge in [-0.05, 0) is 36.8 Å². The molecule has 3 heterocycles. The molecule has 1 aliphatic rings. The molecule has 0 bridgehead atoms. The molecule has 0 N–H and O–H groups in total. The van der Waals surface area contributed by atoms with Crippen molar-refractivity contribution in [3.63, 3.8) is 0 Å². The van der Waals surface area contributed by atoms with Gasteiger partial charge in [-0.25, -0.2) is 14.6 Å². The molecule has 0 amide bonds. The summed E-state index contributed by atoms with van der Waals surface area (Å²) in [6.07, 6.45) is 4.62. The zero-order valence-corrected chi connectivity index (χ0v) is 18.8. The number of methoxy groups -OCH3 is 1. The molecule has 0 fully saturated rings. The minimum absolute atomic E-state index is 0.0204. The quantitative estimate of drug-likeness (QED) is 0.410. The molecular weight excluding hydrogens is 444 g/mol. The highest BCUT2D eigenvalue weighted by molar-refractivity contribution is 7.07. The lowest BCUT2D eigenvalue weighted by Crippen LogP contribution is -2.40. The Kier molecular flexibility index (Phi) is 6.23. The Morgan fingerprint density at radius 1 is 1.24 bits per heavy atom. The van der Waals surface area contributed by atoms with Crippen LogP contribution in [0.3, 0.4) is 0 Å². The van der Waals surface area contributed by atoms with Gasteiger partial charge in [-0.15, -0.1) is 0 Å². The first-order valence-electron chi connectivity index (χ1n) is 9.97. The van der Waals surface area contributed by atoms with Crippen LogP contribution in [0.4, 0.5) is 0 Å². The molecule has 1 unspecified atom stereocenters. The molecule has 9 heteroatoms. The van der Waals surface area contributed by atoms with Gasteiger partial charge in [-0.1, -0.05) is 36.1 Å². The number of carbonyl (C=O) groups is 2. The Morgan fingerprint density at radius 2 is 2.00 bits per heavy atom. The number of rotatable bonds is 6. The third-order valence-electron chi connectivity index (χ3n) is 5.04. The Bertz CT molecular complexity index is 1430. The van der Waals surface area contributed by atoms with Gasteiger partial charge in [0.05, 0.1) is 40.8 Å². The Labute approximate surface area is 192 Å². The van der Waals surface area contributed by atoms with Gasteiger partial charge in [0, 0.05) is 6.08 Å². The SMILES string of the molecule is C=CCOC(=O)C1=C(C)N=c2sc(=Cc3ccco3)c(=O)n2C1c1ccc(C(=O)OC)cc1. The van der Waals surface area contributed by atoms with Crippen molar-refractivity contribution in [2.24, 2.45) is 4.99 Å². The van der Waals surface area contributed by atoms with Crippen molar-refractivity contribution in [2.45, 2.75) is 13.0 Å². The molecule has 0 saturated carbocycles. The van der Waals surface area contributed by atoms with E-state index in [4.69, 9.17) is 13.9 Å². The number of fused-ring (bicyclic) bond motifs is 1. The van der Waals surface area contributed by atoms with Gasteiger partial charge in [-0.2, -0.15) is 0 Å². The lowest BCUT2D eigenvalue weighted by atomic mass is 9.95. The van der Waals surface area contributed by atoms with Crippen LogP contribution >= 0.6 is 11.3 Å². The Hall–Kier alpha value is -3.98. The average Bonchev–Trinajstić information content (AvgIpc) is 3.44. The van der Waals surface area contributed by atoms with Crippen molar-refractivity contribution in [1.29, 1.82) is 0 Å². The molecule has 2 aromatic heterocycles. The second kappa shape index (κ2) is 9.25. The van der Waals surface area contributed by atoms with Crippen molar-refractivity contribution in [3.8, 4) is 0 Å². The monoisotopic (exact) mass is 464 g/mol. The number of allylic oxidation sites excluding steroid dienone is 1. The highest BCUT2D eigenvalue weighted by atomic mass is 32.1. The van der Waals surface area contributed by atoms with E-state index >= 15 is 0 Å². The van der Waals surface area contributed by atoms with Crippen LogP contribution in [0.25, 0.3) is 6.08 Å². The summed E-state index contributed by atoms with van der Waals surface area (Å²) in [4.78, 5) is 43.2. The lowest BCUT2D eigenvalue weighted by molar-refractivity contribution is -0.138. The molecule has 0 aliphatic carbocycles. The number of thiazole rings is 1. The first-order chi connectivity index (χ1) is 15.9. The van der Waals surface area contributed by atoms with E-state index in [-0.39, 0.29) is 17.7 Å². The third kappa shape index (κ3) is 4.22. The summed E-state index contributed by atoms with van der Waals surface area (Å²) in [5.41, 5.74) is 1.33. The van der Waals surface area contributed by atoms with Crippen LogP contribution in [0.1, 0.15) is 34.6 Å². The molecule has 1 aliphatic heterocycles. The lowest BCUT2D eigenvalue weighted by Gasteiger charge is -2.24. The summed E-state index contributed by atoms with van der Waals surface area (Å²) >= 11 is 1.20. The van der Waals surface area contributed by atoms with E-state index in [9.17, 15) is 14.4 Å². The Morgan fingerprint density at radius 3 is 2.64 bits per heavy atom. The van der Waals surface area contributed by atoms with Crippen LogP contribution in [-0.4, -0.2) is 30.2 Å². The number of carbonyl (C=O) groups excluding carboxylic acids is 2. The average molecular weight is 464 g/mol. The van der Waals surface area contributed by atoms with E-state index in [0.29, 0.717) is 31.9 Å². The van der Waals surface area contributed by atoms with Gasteiger partial charge in [0.15, 0.2) is 4.80 Å². The van der Waals surface area contributed by atoms with E-state index in [1.807, 2.05) is 0 Å². The number of benzene rings is 1. The standard InChI is InChI=1S/C24H20N2O6S/c1-4-11-32-23(29)19-14(2)25-24-26(21(27)18(33-24)13-17-6-5-12-31-17)20(19)15-7-9-16(10-8-15)22(28)30-3/h4-10,12-13,20H,1,11H2,2-3H3. The molecule has 1 aromatic carbocycles. The van der Waals surface area contributed by atoms with Crippen LogP contribution in [0, 0.1) is 0 Å². The zero-order valence-electron chi connectivity index (χ0n) is 17.9. The molecule has 0 saturated heterocycles. The maximum atomic E-state index is 13.4. The van der Waals surface area contributed by atoms with Crippen molar-refractivity contribution < 1.29 is 23.5 Å². The first-order valence-corrected chi connectivity index (χ1v) is 10.8. The van der Waals surface area contributed by atoms with E-state index in [2.05, 4.69) is 11.6 Å². The number of nitrogens with zero attached hydrogens (tertiary/aromatic N) is 2. The summed E-state index contributed by atoms with van der Waals surface area (Å²) in [6, 6.07) is 9.21. The van der Waals surface area contributed by atoms with Crippen molar-refractivity contribution in [1.82, 2.24) is 4.57 Å². The smallest absolute Gasteiger partial charge is 0.338 e. The van der Waals surface area contributed by atoms with Crippen molar-refractivity contribution in [3.05, 3.63) is 103 Å². The third-order valence-corrected chi connectivity index (χ3v) is 6.02. The molecule has 168 valence electrons. The highest BCUT2D eigenvalue weighted by Crippen LogP contribution is 2.31. The van der Waals surface area contributed by atoms with Gasteiger partial charge in [0.25, 0.3) is 5.56 Å². The summed E-state index contributed by atoms with van der Waals surface area (Å²) in [6.45, 7) is 5.29. The predicted octanol–water partition coefficient (Wildman–Crippen LogP) is 2.34. The summed E-state index contributed by atoms with van der Waals surface area (Å²) < 4.78 is 17.3. The van der Waals surface area contributed by atoms with Gasteiger partial charge < -0.3 is 13.9 Å². The molecule has 4 rings (SSSR count). The minimum atomic E-state index is -0.788. The second-order valence-corrected chi connectivity index (χ2v) is 8.11. The number of esters is 2. The van der Waals surface area contributed by atoms with Crippen LogP contribution in [0.15, 0.2) is 80.8 Å². The van der Waals surface area contributed by atoms with Crippen LogP contribution < -0.4 is 14.9 Å². The molecule has 0 radical (unpaired) electrons. The number of hydrogen-bond donors (Lipinski definition) is 0. The highest BCUT2D eigenvalue weighted by Gasteiger charge is 2.33. The van der Waals surface area contributed by atoms with Crippen LogP contribution in [-0.2, 0) is 14.3 Å². The first kappa shape index (κ1) is 22.2. The number of aromatic nitrogens is 1. The minimum Gasteiger partial charge on any atom is -0.465 e. The summed E-state index contributed by atoms with van der Waals surface area (Å²) in [7, 11) is 1.30. The fourth-order valence-electron chi connectivity index (χ4n) is 3.53. The van der Waals surface area contributed by atoms with E-state index in [1.54, 1.807) is 49.4 Å². The van der Waals surface area contributed by atoms with Crippen LogP contribution in [0.2, 0.25) is 0 Å². The molecule has 8 nitrogen and oxygen atoms in total. The van der Waals surface area contributed by atoms with Gasteiger partial charge in [0.1, 0.15) is 12.4 Å². The largest absolute Gasteiger partial charge is 0.465 e. The van der Waals surface area contributed by atoms with Crippen LogP contribution in [0.5, 0.6) is 0 Å². The summed E-state index contributed by atoms with van der Waals surface area (Å²) in [5, 5.41) is 0. The molecule has 1 atom stereocenters. The maximum absolute atomic E-state index is 13.4. The topological polar surface area (TPSA) is 100 Å². The maximum Gasteiger partial charge on any atom is 0.338 e. The normalized spacial score (nSPS) is 15.6. The zero-order chi connectivity index (χ0) is 23.5. The Balaban J connectivity index is 1.91. The van der Waals surface area contributed by atoms with E-state index < -0.39 is 18.0 Å².